The van der Waals surface area contributed by atoms with Crippen molar-refractivity contribution in [1.82, 2.24) is 9.80 Å². The van der Waals surface area contributed by atoms with Crippen LogP contribution in [0.15, 0.2) is 78.9 Å². The molecule has 0 spiro atoms. The van der Waals surface area contributed by atoms with Crippen molar-refractivity contribution in [3.8, 4) is 11.1 Å². The lowest BCUT2D eigenvalue weighted by Crippen LogP contribution is -2.45. The van der Waals surface area contributed by atoms with Crippen molar-refractivity contribution in [2.75, 3.05) is 26.2 Å². The molecule has 1 aliphatic heterocycles. The van der Waals surface area contributed by atoms with Gasteiger partial charge in [0, 0.05) is 49.9 Å². The van der Waals surface area contributed by atoms with Crippen molar-refractivity contribution in [2.24, 2.45) is 0 Å². The van der Waals surface area contributed by atoms with E-state index in [4.69, 9.17) is 11.6 Å². The standard InChI is InChI=1S/C24H25ClN2/c25-24-9-5-4-8-23(24)22-12-10-21(11-13-22)19-27-16-14-26(15-17-27)18-20-6-2-1-3-7-20/h1-13H,14-19H2. The molecule has 1 fully saturated rings. The second-order valence-electron chi connectivity index (χ2n) is 7.21. The van der Waals surface area contributed by atoms with E-state index in [1.165, 1.54) is 16.7 Å². The summed E-state index contributed by atoms with van der Waals surface area (Å²) in [5.41, 5.74) is 5.04. The molecular weight excluding hydrogens is 352 g/mol. The summed E-state index contributed by atoms with van der Waals surface area (Å²) in [4.78, 5) is 5.10. The molecule has 27 heavy (non-hydrogen) atoms. The van der Waals surface area contributed by atoms with Gasteiger partial charge in [-0.1, -0.05) is 84.4 Å². The lowest BCUT2D eigenvalue weighted by Gasteiger charge is -2.34. The van der Waals surface area contributed by atoms with E-state index in [0.717, 1.165) is 49.9 Å². The quantitative estimate of drug-likeness (QED) is 0.594. The predicted molar refractivity (Wildman–Crippen MR) is 114 cm³/mol. The Morgan fingerprint density at radius 2 is 1.11 bits per heavy atom. The molecule has 0 N–H and O–H groups in total. The minimum atomic E-state index is 0.805. The Morgan fingerprint density at radius 3 is 1.70 bits per heavy atom. The Labute approximate surface area is 167 Å². The van der Waals surface area contributed by atoms with E-state index in [0.29, 0.717) is 0 Å². The van der Waals surface area contributed by atoms with E-state index < -0.39 is 0 Å². The molecule has 3 aromatic rings. The molecule has 1 aliphatic rings. The maximum absolute atomic E-state index is 6.31. The third-order valence-corrected chi connectivity index (χ3v) is 5.59. The fraction of sp³-hybridized carbons (Fsp3) is 0.250. The molecule has 0 atom stereocenters. The van der Waals surface area contributed by atoms with Crippen LogP contribution >= 0.6 is 11.6 Å². The molecule has 0 bridgehead atoms. The van der Waals surface area contributed by atoms with E-state index >= 15 is 0 Å². The monoisotopic (exact) mass is 376 g/mol. The average molecular weight is 377 g/mol. The topological polar surface area (TPSA) is 6.48 Å². The number of nitrogens with zero attached hydrogens (tertiary/aromatic N) is 2. The highest BCUT2D eigenvalue weighted by molar-refractivity contribution is 6.33. The Hall–Kier alpha value is -2.13. The van der Waals surface area contributed by atoms with Crippen molar-refractivity contribution < 1.29 is 0 Å². The molecule has 3 aromatic carbocycles. The van der Waals surface area contributed by atoms with Crippen molar-refractivity contribution in [1.29, 1.82) is 0 Å². The zero-order chi connectivity index (χ0) is 18.5. The lowest BCUT2D eigenvalue weighted by atomic mass is 10.0. The Bertz CT molecular complexity index is 853. The Balaban J connectivity index is 1.31. The van der Waals surface area contributed by atoms with Gasteiger partial charge >= 0.3 is 0 Å². The first-order valence-electron chi connectivity index (χ1n) is 9.60. The zero-order valence-corrected chi connectivity index (χ0v) is 16.3. The van der Waals surface area contributed by atoms with Gasteiger partial charge < -0.3 is 0 Å². The summed E-state index contributed by atoms with van der Waals surface area (Å²) in [7, 11) is 0. The van der Waals surface area contributed by atoms with Gasteiger partial charge in [-0.2, -0.15) is 0 Å². The van der Waals surface area contributed by atoms with Gasteiger partial charge in [0.15, 0.2) is 0 Å². The Kier molecular flexibility index (Phi) is 5.88. The maximum Gasteiger partial charge on any atom is 0.0484 e. The summed E-state index contributed by atoms with van der Waals surface area (Å²) in [5, 5.41) is 0.805. The summed E-state index contributed by atoms with van der Waals surface area (Å²) < 4.78 is 0. The smallest absolute Gasteiger partial charge is 0.0484 e. The van der Waals surface area contributed by atoms with Gasteiger partial charge in [-0.15, -0.1) is 0 Å². The first-order chi connectivity index (χ1) is 13.3. The van der Waals surface area contributed by atoms with Gasteiger partial charge in [0.1, 0.15) is 0 Å². The largest absolute Gasteiger partial charge is 0.297 e. The fourth-order valence-corrected chi connectivity index (χ4v) is 3.94. The summed E-state index contributed by atoms with van der Waals surface area (Å²) in [6, 6.07) is 27.6. The Morgan fingerprint density at radius 1 is 0.593 bits per heavy atom. The van der Waals surface area contributed by atoms with Crippen LogP contribution in [0.25, 0.3) is 11.1 Å². The van der Waals surface area contributed by atoms with E-state index in [1.54, 1.807) is 0 Å². The maximum atomic E-state index is 6.31. The van der Waals surface area contributed by atoms with Gasteiger partial charge in [-0.05, 0) is 22.8 Å². The number of rotatable bonds is 5. The second kappa shape index (κ2) is 8.71. The van der Waals surface area contributed by atoms with Crippen molar-refractivity contribution in [3.05, 3.63) is 95.0 Å². The second-order valence-corrected chi connectivity index (χ2v) is 7.62. The number of hydrogen-bond donors (Lipinski definition) is 0. The van der Waals surface area contributed by atoms with Crippen LogP contribution < -0.4 is 0 Å². The normalized spacial score (nSPS) is 15.7. The molecule has 0 amide bonds. The molecule has 138 valence electrons. The molecule has 0 unspecified atom stereocenters. The number of benzene rings is 3. The summed E-state index contributed by atoms with van der Waals surface area (Å²) >= 11 is 6.31. The van der Waals surface area contributed by atoms with Crippen molar-refractivity contribution in [3.63, 3.8) is 0 Å². The van der Waals surface area contributed by atoms with Crippen LogP contribution in [-0.4, -0.2) is 36.0 Å². The van der Waals surface area contributed by atoms with Crippen LogP contribution in [0.5, 0.6) is 0 Å². The van der Waals surface area contributed by atoms with Crippen LogP contribution in [0, 0.1) is 0 Å². The van der Waals surface area contributed by atoms with Crippen LogP contribution in [0.4, 0.5) is 0 Å². The third kappa shape index (κ3) is 4.78. The number of halogens is 1. The van der Waals surface area contributed by atoms with Gasteiger partial charge in [-0.3, -0.25) is 9.80 Å². The highest BCUT2D eigenvalue weighted by Crippen LogP contribution is 2.27. The first kappa shape index (κ1) is 18.2. The van der Waals surface area contributed by atoms with Gasteiger partial charge in [0.05, 0.1) is 0 Å². The molecule has 0 radical (unpaired) electrons. The number of hydrogen-bond acceptors (Lipinski definition) is 2. The lowest BCUT2D eigenvalue weighted by molar-refractivity contribution is 0.122. The zero-order valence-electron chi connectivity index (χ0n) is 15.5. The molecule has 3 heteroatoms. The molecule has 1 saturated heterocycles. The molecule has 1 heterocycles. The van der Waals surface area contributed by atoms with E-state index in [9.17, 15) is 0 Å². The molecule has 2 nitrogen and oxygen atoms in total. The SMILES string of the molecule is Clc1ccccc1-c1ccc(CN2CCN(Cc3ccccc3)CC2)cc1. The van der Waals surface area contributed by atoms with E-state index in [1.807, 2.05) is 18.2 Å². The molecule has 4 rings (SSSR count). The first-order valence-corrected chi connectivity index (χ1v) is 9.98. The highest BCUT2D eigenvalue weighted by atomic mass is 35.5. The minimum absolute atomic E-state index is 0.805. The van der Waals surface area contributed by atoms with Crippen LogP contribution in [0.3, 0.4) is 0 Å². The molecular formula is C24H25ClN2. The predicted octanol–water partition coefficient (Wildman–Crippen LogP) is 5.32. The van der Waals surface area contributed by atoms with Gasteiger partial charge in [0.2, 0.25) is 0 Å². The molecule has 0 saturated carbocycles. The summed E-state index contributed by atoms with van der Waals surface area (Å²) in [6.07, 6.45) is 0. The molecule has 0 aromatic heterocycles. The number of piperazine rings is 1. The van der Waals surface area contributed by atoms with Gasteiger partial charge in [0.25, 0.3) is 0 Å². The molecule has 0 aliphatic carbocycles. The third-order valence-electron chi connectivity index (χ3n) is 5.26. The van der Waals surface area contributed by atoms with Crippen LogP contribution in [-0.2, 0) is 13.1 Å². The van der Waals surface area contributed by atoms with Crippen LogP contribution in [0.1, 0.15) is 11.1 Å². The summed E-state index contributed by atoms with van der Waals surface area (Å²) in [5.74, 6) is 0. The minimum Gasteiger partial charge on any atom is -0.297 e. The summed E-state index contributed by atoms with van der Waals surface area (Å²) in [6.45, 7) is 6.58. The van der Waals surface area contributed by atoms with Crippen molar-refractivity contribution in [2.45, 2.75) is 13.1 Å². The van der Waals surface area contributed by atoms with Crippen LogP contribution in [0.2, 0.25) is 5.02 Å². The highest BCUT2D eigenvalue weighted by Gasteiger charge is 2.17. The fourth-order valence-electron chi connectivity index (χ4n) is 3.69. The van der Waals surface area contributed by atoms with Gasteiger partial charge in [-0.25, -0.2) is 0 Å². The average Bonchev–Trinajstić information content (AvgIpc) is 2.71. The van der Waals surface area contributed by atoms with E-state index in [2.05, 4.69) is 70.5 Å². The van der Waals surface area contributed by atoms with E-state index in [-0.39, 0.29) is 0 Å². The van der Waals surface area contributed by atoms with Crippen molar-refractivity contribution >= 4 is 11.6 Å².